The van der Waals surface area contributed by atoms with Crippen LogP contribution in [0.3, 0.4) is 0 Å². The molecule has 0 amide bonds. The Kier molecular flexibility index (Phi) is 6.95. The van der Waals surface area contributed by atoms with Crippen molar-refractivity contribution in [3.63, 3.8) is 0 Å². The fourth-order valence-electron chi connectivity index (χ4n) is 3.83. The molecule has 0 spiro atoms. The number of rotatable bonds is 9. The third kappa shape index (κ3) is 5.43. The molecule has 1 fully saturated rings. The molecule has 0 unspecified atom stereocenters. The lowest BCUT2D eigenvalue weighted by Crippen LogP contribution is -2.40. The molecular weight excluding hydrogens is 266 g/mol. The molecule has 0 heterocycles. The van der Waals surface area contributed by atoms with Crippen molar-refractivity contribution in [3.05, 3.63) is 35.4 Å². The summed E-state index contributed by atoms with van der Waals surface area (Å²) in [5, 5.41) is 0. The first-order valence-electron chi connectivity index (χ1n) is 9.48. The molecule has 2 N–H and O–H groups in total. The molecule has 124 valence electrons. The molecular formula is C21H35N. The van der Waals surface area contributed by atoms with E-state index in [0.717, 1.165) is 6.42 Å². The van der Waals surface area contributed by atoms with Gasteiger partial charge in [0.25, 0.3) is 0 Å². The Labute approximate surface area is 137 Å². The average molecular weight is 302 g/mol. The summed E-state index contributed by atoms with van der Waals surface area (Å²) in [5.74, 6) is 0.664. The summed E-state index contributed by atoms with van der Waals surface area (Å²) in [6.07, 6.45) is 14.5. The van der Waals surface area contributed by atoms with E-state index in [1.54, 1.807) is 0 Å². The lowest BCUT2D eigenvalue weighted by molar-refractivity contribution is 0.344. The van der Waals surface area contributed by atoms with Gasteiger partial charge in [-0.05, 0) is 56.1 Å². The van der Waals surface area contributed by atoms with E-state index in [-0.39, 0.29) is 5.54 Å². The molecule has 0 bridgehead atoms. The van der Waals surface area contributed by atoms with Crippen molar-refractivity contribution >= 4 is 0 Å². The van der Waals surface area contributed by atoms with E-state index in [2.05, 4.69) is 38.1 Å². The number of aryl methyl sites for hydroxylation is 1. The van der Waals surface area contributed by atoms with Crippen molar-refractivity contribution in [2.24, 2.45) is 11.7 Å². The zero-order chi connectivity index (χ0) is 15.8. The van der Waals surface area contributed by atoms with Gasteiger partial charge in [0.05, 0.1) is 0 Å². The molecule has 0 aliphatic heterocycles. The number of nitrogens with two attached hydrogens (primary N) is 1. The van der Waals surface area contributed by atoms with Crippen molar-refractivity contribution in [3.8, 4) is 0 Å². The van der Waals surface area contributed by atoms with Crippen LogP contribution in [0.15, 0.2) is 24.3 Å². The van der Waals surface area contributed by atoms with Crippen LogP contribution in [0.2, 0.25) is 0 Å². The second kappa shape index (κ2) is 8.72. The minimum atomic E-state index is 0.0527. The van der Waals surface area contributed by atoms with Gasteiger partial charge in [-0.3, -0.25) is 0 Å². The monoisotopic (exact) mass is 301 g/mol. The van der Waals surface area contributed by atoms with Gasteiger partial charge in [-0.2, -0.15) is 0 Å². The van der Waals surface area contributed by atoms with Gasteiger partial charge in [0.2, 0.25) is 0 Å². The maximum atomic E-state index is 6.42. The summed E-state index contributed by atoms with van der Waals surface area (Å²) >= 11 is 0. The predicted molar refractivity (Wildman–Crippen MR) is 97.2 cm³/mol. The zero-order valence-corrected chi connectivity index (χ0v) is 14.7. The van der Waals surface area contributed by atoms with Crippen LogP contribution in [0.4, 0.5) is 0 Å². The smallest absolute Gasteiger partial charge is 0.0157 e. The minimum Gasteiger partial charge on any atom is -0.325 e. The summed E-state index contributed by atoms with van der Waals surface area (Å²) < 4.78 is 0. The summed E-state index contributed by atoms with van der Waals surface area (Å²) in [5.41, 5.74) is 9.44. The Bertz CT molecular complexity index is 418. The van der Waals surface area contributed by atoms with E-state index < -0.39 is 0 Å². The van der Waals surface area contributed by atoms with Gasteiger partial charge < -0.3 is 5.73 Å². The summed E-state index contributed by atoms with van der Waals surface area (Å²) in [6, 6.07) is 9.34. The van der Waals surface area contributed by atoms with Gasteiger partial charge >= 0.3 is 0 Å². The molecule has 0 aromatic heterocycles. The first kappa shape index (κ1) is 17.5. The maximum absolute atomic E-state index is 6.42. The van der Waals surface area contributed by atoms with Crippen LogP contribution >= 0.6 is 0 Å². The molecule has 22 heavy (non-hydrogen) atoms. The van der Waals surface area contributed by atoms with E-state index in [9.17, 15) is 0 Å². The summed E-state index contributed by atoms with van der Waals surface area (Å²) in [7, 11) is 0. The SMILES string of the molecule is CCCCCCCCc1ccc(C[C@H]2CCC[C@@]2(C)N)cc1. The Morgan fingerprint density at radius 1 is 1.00 bits per heavy atom. The molecule has 0 radical (unpaired) electrons. The highest BCUT2D eigenvalue weighted by Crippen LogP contribution is 2.35. The number of benzene rings is 1. The number of unbranched alkanes of at least 4 members (excludes halogenated alkanes) is 5. The molecule has 1 aliphatic rings. The third-order valence-electron chi connectivity index (χ3n) is 5.52. The fourth-order valence-corrected chi connectivity index (χ4v) is 3.83. The van der Waals surface area contributed by atoms with E-state index in [1.807, 2.05) is 0 Å². The summed E-state index contributed by atoms with van der Waals surface area (Å²) in [4.78, 5) is 0. The normalized spacial score (nSPS) is 24.8. The lowest BCUT2D eigenvalue weighted by Gasteiger charge is -2.27. The molecule has 1 nitrogen and oxygen atoms in total. The van der Waals surface area contributed by atoms with Crippen molar-refractivity contribution in [2.75, 3.05) is 0 Å². The molecule has 0 saturated heterocycles. The first-order chi connectivity index (χ1) is 10.6. The molecule has 1 heteroatoms. The largest absolute Gasteiger partial charge is 0.325 e. The van der Waals surface area contributed by atoms with Crippen LogP contribution < -0.4 is 5.73 Å². The minimum absolute atomic E-state index is 0.0527. The topological polar surface area (TPSA) is 26.0 Å². The predicted octanol–water partition coefficient (Wildman–Crippen LogP) is 5.65. The van der Waals surface area contributed by atoms with Gasteiger partial charge in [0.15, 0.2) is 0 Å². The van der Waals surface area contributed by atoms with Gasteiger partial charge in [-0.1, -0.05) is 69.7 Å². The van der Waals surface area contributed by atoms with E-state index in [0.29, 0.717) is 5.92 Å². The van der Waals surface area contributed by atoms with Crippen molar-refractivity contribution in [1.29, 1.82) is 0 Å². The Morgan fingerprint density at radius 2 is 1.64 bits per heavy atom. The lowest BCUT2D eigenvalue weighted by atomic mass is 9.85. The van der Waals surface area contributed by atoms with Crippen molar-refractivity contribution < 1.29 is 0 Å². The highest BCUT2D eigenvalue weighted by Gasteiger charge is 2.34. The second-order valence-corrected chi connectivity index (χ2v) is 7.63. The van der Waals surface area contributed by atoms with Gasteiger partial charge in [0, 0.05) is 5.54 Å². The second-order valence-electron chi connectivity index (χ2n) is 7.63. The molecule has 2 atom stereocenters. The highest BCUT2D eigenvalue weighted by molar-refractivity contribution is 5.23. The Balaban J connectivity index is 1.71. The van der Waals surface area contributed by atoms with Crippen LogP contribution in [0, 0.1) is 5.92 Å². The van der Waals surface area contributed by atoms with Crippen LogP contribution in [0.5, 0.6) is 0 Å². The number of hydrogen-bond acceptors (Lipinski definition) is 1. The summed E-state index contributed by atoms with van der Waals surface area (Å²) in [6.45, 7) is 4.51. The van der Waals surface area contributed by atoms with Crippen LogP contribution in [0.25, 0.3) is 0 Å². The van der Waals surface area contributed by atoms with E-state index >= 15 is 0 Å². The maximum Gasteiger partial charge on any atom is 0.0157 e. The van der Waals surface area contributed by atoms with Crippen molar-refractivity contribution in [2.45, 2.75) is 90.0 Å². The van der Waals surface area contributed by atoms with Gasteiger partial charge in [0.1, 0.15) is 0 Å². The third-order valence-corrected chi connectivity index (χ3v) is 5.52. The zero-order valence-electron chi connectivity index (χ0n) is 14.7. The Hall–Kier alpha value is -0.820. The molecule has 2 rings (SSSR count). The van der Waals surface area contributed by atoms with Crippen LogP contribution in [-0.4, -0.2) is 5.54 Å². The first-order valence-corrected chi connectivity index (χ1v) is 9.48. The highest BCUT2D eigenvalue weighted by atomic mass is 14.8. The average Bonchev–Trinajstić information content (AvgIpc) is 2.83. The standard InChI is InChI=1S/C21H35N/c1-3-4-5-6-7-8-10-18-12-14-19(15-13-18)17-20-11-9-16-21(20,2)22/h12-15,20H,3-11,16-17,22H2,1-2H3/t20-,21-/m1/s1. The molecule has 1 aromatic rings. The molecule has 1 aliphatic carbocycles. The molecule has 1 saturated carbocycles. The Morgan fingerprint density at radius 3 is 2.27 bits per heavy atom. The van der Waals surface area contributed by atoms with E-state index in [1.165, 1.54) is 75.3 Å². The van der Waals surface area contributed by atoms with Crippen LogP contribution in [0.1, 0.15) is 82.8 Å². The number of hydrogen-bond donors (Lipinski definition) is 1. The molecule has 1 aromatic carbocycles. The van der Waals surface area contributed by atoms with Gasteiger partial charge in [-0.25, -0.2) is 0 Å². The quantitative estimate of drug-likeness (QED) is 0.586. The van der Waals surface area contributed by atoms with Crippen LogP contribution in [-0.2, 0) is 12.8 Å². The van der Waals surface area contributed by atoms with Gasteiger partial charge in [-0.15, -0.1) is 0 Å². The van der Waals surface area contributed by atoms with Crippen molar-refractivity contribution in [1.82, 2.24) is 0 Å². The fraction of sp³-hybridized carbons (Fsp3) is 0.714. The van der Waals surface area contributed by atoms with E-state index in [4.69, 9.17) is 5.73 Å².